The molecule has 1 aromatic carbocycles. The molecular weight excluding hydrogens is 322 g/mol. The van der Waals surface area contributed by atoms with Crippen LogP contribution in [-0.2, 0) is 9.84 Å². The van der Waals surface area contributed by atoms with Crippen molar-refractivity contribution in [1.29, 1.82) is 0 Å². The minimum Gasteiger partial charge on any atom is -0.411 e. The van der Waals surface area contributed by atoms with E-state index in [0.717, 1.165) is 18.4 Å². The minimum atomic E-state index is -3.58. The van der Waals surface area contributed by atoms with Crippen molar-refractivity contribution in [3.8, 4) is 0 Å². The van der Waals surface area contributed by atoms with Gasteiger partial charge in [-0.05, 0) is 57.6 Å². The van der Waals surface area contributed by atoms with Gasteiger partial charge in [-0.3, -0.25) is 0 Å². The van der Waals surface area contributed by atoms with Gasteiger partial charge in [-0.15, -0.1) is 0 Å². The van der Waals surface area contributed by atoms with E-state index in [-0.39, 0.29) is 4.90 Å². The van der Waals surface area contributed by atoms with Crippen LogP contribution in [0.1, 0.15) is 44.1 Å². The average Bonchev–Trinajstić information content (AvgIpc) is 2.55. The van der Waals surface area contributed by atoms with E-state index in [4.69, 9.17) is 0 Å². The molecule has 4 nitrogen and oxygen atoms in total. The van der Waals surface area contributed by atoms with E-state index < -0.39 is 15.1 Å². The maximum atomic E-state index is 13.1. The lowest BCUT2D eigenvalue weighted by atomic mass is 10.1. The van der Waals surface area contributed by atoms with Crippen LogP contribution in [0.3, 0.4) is 0 Å². The van der Waals surface area contributed by atoms with Crippen molar-refractivity contribution in [3.05, 3.63) is 54.1 Å². The monoisotopic (exact) mass is 347 g/mol. The van der Waals surface area contributed by atoms with E-state index in [1.165, 1.54) is 0 Å². The second-order valence-electron chi connectivity index (χ2n) is 6.07. The Bertz CT molecular complexity index is 715. The van der Waals surface area contributed by atoms with Crippen LogP contribution < -0.4 is 0 Å². The zero-order valence-corrected chi connectivity index (χ0v) is 14.9. The molecule has 1 atom stereocenters. The van der Waals surface area contributed by atoms with Crippen LogP contribution in [0.2, 0.25) is 0 Å². The van der Waals surface area contributed by atoms with E-state index in [1.807, 2.05) is 19.1 Å². The van der Waals surface area contributed by atoms with Gasteiger partial charge in [0.05, 0.1) is 10.6 Å². The highest BCUT2D eigenvalue weighted by molar-refractivity contribution is 7.92. The number of nitrogens with zero attached hydrogens (tertiary/aromatic N) is 1. The largest absolute Gasteiger partial charge is 0.411 e. The van der Waals surface area contributed by atoms with Crippen molar-refractivity contribution < 1.29 is 13.6 Å². The molecule has 1 N–H and O–H groups in total. The molecule has 0 saturated carbocycles. The Morgan fingerprint density at radius 2 is 1.54 bits per heavy atom. The van der Waals surface area contributed by atoms with Crippen LogP contribution in [0.25, 0.3) is 0 Å². The van der Waals surface area contributed by atoms with Crippen LogP contribution in [-0.4, -0.2) is 24.6 Å². The standard InChI is InChI=1S/C19H25NO3S/c1-16-12-14-17(15-13-16)24(22,23)19-11-9-7-5-3-2-4-6-8-10-18(19)20-21/h4-7,12-15,19,21H,2-3,8-11H2,1H3. The second kappa shape index (κ2) is 8.83. The Hall–Kier alpha value is -1.88. The SMILES string of the molecule is Cc1ccc(S(=O)(=O)C2CCC=CCCC=CCCC2=NO)cc1. The number of benzene rings is 1. The first-order valence-electron chi connectivity index (χ1n) is 8.37. The van der Waals surface area contributed by atoms with Gasteiger partial charge in [-0.25, -0.2) is 8.42 Å². The lowest BCUT2D eigenvalue weighted by Gasteiger charge is -2.18. The molecule has 0 amide bonds. The molecule has 5 heteroatoms. The summed E-state index contributed by atoms with van der Waals surface area (Å²) >= 11 is 0. The highest BCUT2D eigenvalue weighted by Gasteiger charge is 2.31. The quantitative estimate of drug-likeness (QED) is 0.489. The Balaban J connectivity index is 2.34. The normalized spacial score (nSPS) is 22.0. The Morgan fingerprint density at radius 1 is 0.958 bits per heavy atom. The lowest BCUT2D eigenvalue weighted by Crippen LogP contribution is -2.30. The molecule has 0 bridgehead atoms. The summed E-state index contributed by atoms with van der Waals surface area (Å²) in [5.74, 6) is 0. The first-order valence-corrected chi connectivity index (χ1v) is 9.91. The van der Waals surface area contributed by atoms with Crippen molar-refractivity contribution in [1.82, 2.24) is 0 Å². The fraction of sp³-hybridized carbons (Fsp3) is 0.421. The molecule has 1 unspecified atom stereocenters. The number of sulfone groups is 1. The van der Waals surface area contributed by atoms with Crippen molar-refractivity contribution in [2.45, 2.75) is 55.6 Å². The van der Waals surface area contributed by atoms with Gasteiger partial charge in [-0.2, -0.15) is 0 Å². The van der Waals surface area contributed by atoms with Gasteiger partial charge in [0.1, 0.15) is 5.25 Å². The number of oxime groups is 1. The summed E-state index contributed by atoms with van der Waals surface area (Å²) in [5.41, 5.74) is 1.35. The molecule has 24 heavy (non-hydrogen) atoms. The van der Waals surface area contributed by atoms with Crippen LogP contribution in [0.15, 0.2) is 58.6 Å². The summed E-state index contributed by atoms with van der Waals surface area (Å²) in [4.78, 5) is 0.283. The van der Waals surface area contributed by atoms with E-state index in [2.05, 4.69) is 17.3 Å². The Kier molecular flexibility index (Phi) is 6.79. The zero-order valence-electron chi connectivity index (χ0n) is 14.1. The predicted molar refractivity (Wildman–Crippen MR) is 97.4 cm³/mol. The molecule has 130 valence electrons. The lowest BCUT2D eigenvalue weighted by molar-refractivity contribution is 0.316. The van der Waals surface area contributed by atoms with Crippen LogP contribution >= 0.6 is 0 Å². The molecule has 2 rings (SSSR count). The van der Waals surface area contributed by atoms with E-state index in [9.17, 15) is 13.6 Å². The molecule has 0 fully saturated rings. The smallest absolute Gasteiger partial charge is 0.186 e. The molecule has 0 radical (unpaired) electrons. The molecular formula is C19H25NO3S. The second-order valence-corrected chi connectivity index (χ2v) is 8.20. The Morgan fingerprint density at radius 3 is 2.17 bits per heavy atom. The Labute approximate surface area is 144 Å². The van der Waals surface area contributed by atoms with Gasteiger partial charge >= 0.3 is 0 Å². The van der Waals surface area contributed by atoms with E-state index in [0.29, 0.717) is 31.4 Å². The first-order chi connectivity index (χ1) is 11.6. The average molecular weight is 347 g/mol. The molecule has 0 heterocycles. The van der Waals surface area contributed by atoms with Gasteiger partial charge in [0.25, 0.3) is 0 Å². The van der Waals surface area contributed by atoms with Gasteiger partial charge in [0, 0.05) is 0 Å². The molecule has 1 aromatic rings. The van der Waals surface area contributed by atoms with Crippen molar-refractivity contribution in [2.75, 3.05) is 0 Å². The maximum Gasteiger partial charge on any atom is 0.186 e. The summed E-state index contributed by atoms with van der Waals surface area (Å²) in [6.45, 7) is 1.92. The minimum absolute atomic E-state index is 0.283. The third-order valence-electron chi connectivity index (χ3n) is 4.22. The topological polar surface area (TPSA) is 66.7 Å². The third kappa shape index (κ3) is 4.81. The van der Waals surface area contributed by atoms with Crippen molar-refractivity contribution in [2.24, 2.45) is 5.16 Å². The number of hydrogen-bond donors (Lipinski definition) is 1. The highest BCUT2D eigenvalue weighted by atomic mass is 32.2. The van der Waals surface area contributed by atoms with E-state index in [1.54, 1.807) is 24.3 Å². The summed E-state index contributed by atoms with van der Waals surface area (Å²) in [5, 5.41) is 12.0. The number of allylic oxidation sites excluding steroid dienone is 4. The first kappa shape index (κ1) is 18.5. The van der Waals surface area contributed by atoms with Gasteiger partial charge in [0.15, 0.2) is 9.84 Å². The predicted octanol–water partition coefficient (Wildman–Crippen LogP) is 4.43. The molecule has 1 aliphatic rings. The van der Waals surface area contributed by atoms with Gasteiger partial charge < -0.3 is 5.21 Å². The maximum absolute atomic E-state index is 13.1. The third-order valence-corrected chi connectivity index (χ3v) is 6.41. The fourth-order valence-corrected chi connectivity index (χ4v) is 4.62. The van der Waals surface area contributed by atoms with Crippen LogP contribution in [0, 0.1) is 6.92 Å². The fourth-order valence-electron chi connectivity index (χ4n) is 2.81. The van der Waals surface area contributed by atoms with Crippen molar-refractivity contribution in [3.63, 3.8) is 0 Å². The summed E-state index contributed by atoms with van der Waals surface area (Å²) < 4.78 is 26.1. The van der Waals surface area contributed by atoms with E-state index >= 15 is 0 Å². The zero-order chi connectivity index (χ0) is 17.4. The molecule has 0 spiro atoms. The molecule has 0 aromatic heterocycles. The summed E-state index contributed by atoms with van der Waals surface area (Å²) in [6, 6.07) is 6.85. The summed E-state index contributed by atoms with van der Waals surface area (Å²) in [7, 11) is -3.58. The van der Waals surface area contributed by atoms with Crippen molar-refractivity contribution >= 4 is 15.5 Å². The highest BCUT2D eigenvalue weighted by Crippen LogP contribution is 2.23. The molecule has 1 aliphatic carbocycles. The van der Waals surface area contributed by atoms with Crippen LogP contribution in [0.5, 0.6) is 0 Å². The number of rotatable bonds is 2. The number of hydrogen-bond acceptors (Lipinski definition) is 4. The molecule has 0 aliphatic heterocycles. The summed E-state index contributed by atoms with van der Waals surface area (Å²) in [6.07, 6.45) is 12.4. The van der Waals surface area contributed by atoms with Gasteiger partial charge in [-0.1, -0.05) is 47.2 Å². The van der Waals surface area contributed by atoms with Gasteiger partial charge in [0.2, 0.25) is 0 Å². The number of aryl methyl sites for hydroxylation is 1. The molecule has 0 saturated heterocycles. The van der Waals surface area contributed by atoms with Crippen LogP contribution in [0.4, 0.5) is 0 Å².